The average molecular weight is 410 g/mol. The Hall–Kier alpha value is -2.74. The Labute approximate surface area is 170 Å². The lowest BCUT2D eigenvalue weighted by Crippen LogP contribution is -2.40. The minimum Gasteiger partial charge on any atom is -0.379 e. The zero-order valence-corrected chi connectivity index (χ0v) is 16.7. The van der Waals surface area contributed by atoms with Crippen molar-refractivity contribution in [1.29, 1.82) is 0 Å². The van der Waals surface area contributed by atoms with Gasteiger partial charge in [0.25, 0.3) is 5.91 Å². The summed E-state index contributed by atoms with van der Waals surface area (Å²) < 4.78 is 32.2. The monoisotopic (exact) mass is 410 g/mol. The zero-order chi connectivity index (χ0) is 20.3. The van der Waals surface area contributed by atoms with Gasteiger partial charge < -0.3 is 10.1 Å². The molecule has 1 N–H and O–H groups in total. The van der Waals surface area contributed by atoms with Gasteiger partial charge in [0.05, 0.1) is 18.1 Å². The molecule has 1 amide bonds. The number of nitrogens with zero attached hydrogens (tertiary/aromatic N) is 1. The van der Waals surface area contributed by atoms with Crippen molar-refractivity contribution >= 4 is 26.7 Å². The second-order valence-corrected chi connectivity index (χ2v) is 8.85. The molecule has 0 atom stereocenters. The minimum atomic E-state index is -3.64. The number of carbonyl (C=O) groups is 1. The van der Waals surface area contributed by atoms with Crippen molar-refractivity contribution < 1.29 is 17.9 Å². The number of morpholine rings is 1. The molecule has 3 aromatic rings. The number of sulfonamides is 1. The molecular weight excluding hydrogens is 388 g/mol. The van der Waals surface area contributed by atoms with Gasteiger partial charge in [0.1, 0.15) is 0 Å². The summed E-state index contributed by atoms with van der Waals surface area (Å²) in [5.41, 5.74) is 1.30. The molecule has 0 bridgehead atoms. The van der Waals surface area contributed by atoms with E-state index in [1.54, 1.807) is 12.1 Å². The van der Waals surface area contributed by atoms with E-state index in [4.69, 9.17) is 4.74 Å². The Kier molecular flexibility index (Phi) is 5.62. The van der Waals surface area contributed by atoms with Crippen LogP contribution in [0.3, 0.4) is 0 Å². The molecule has 0 radical (unpaired) electrons. The van der Waals surface area contributed by atoms with Crippen molar-refractivity contribution in [3.8, 4) is 0 Å². The van der Waals surface area contributed by atoms with Crippen LogP contribution in [0.2, 0.25) is 0 Å². The zero-order valence-electron chi connectivity index (χ0n) is 15.9. The normalized spacial score (nSPS) is 15.3. The van der Waals surface area contributed by atoms with Crippen molar-refractivity contribution in [2.24, 2.45) is 0 Å². The fraction of sp³-hybridized carbons (Fsp3) is 0.227. The van der Waals surface area contributed by atoms with E-state index in [1.165, 1.54) is 16.4 Å². The molecule has 0 saturated carbocycles. The van der Waals surface area contributed by atoms with Crippen LogP contribution in [0.5, 0.6) is 0 Å². The molecule has 1 aliphatic heterocycles. The van der Waals surface area contributed by atoms with Crippen LogP contribution in [0.4, 0.5) is 0 Å². The average Bonchev–Trinajstić information content (AvgIpc) is 2.78. The van der Waals surface area contributed by atoms with Gasteiger partial charge in [0.15, 0.2) is 0 Å². The number of hydrogen-bond donors (Lipinski definition) is 1. The predicted molar refractivity (Wildman–Crippen MR) is 111 cm³/mol. The van der Waals surface area contributed by atoms with E-state index in [0.717, 1.165) is 16.3 Å². The van der Waals surface area contributed by atoms with E-state index >= 15 is 0 Å². The molecule has 1 fully saturated rings. The largest absolute Gasteiger partial charge is 0.379 e. The first-order valence-corrected chi connectivity index (χ1v) is 10.9. The van der Waals surface area contributed by atoms with Crippen LogP contribution >= 0.6 is 0 Å². The number of amides is 1. The standard InChI is InChI=1S/C22H22N2O4S/c25-22(23-16-17-8-9-18-4-1-2-5-19(18)14-17)20-6-3-7-21(15-20)29(26,27)24-10-12-28-13-11-24/h1-9,14-15H,10-13,16H2,(H,23,25). The van der Waals surface area contributed by atoms with Gasteiger partial charge >= 0.3 is 0 Å². The maximum Gasteiger partial charge on any atom is 0.251 e. The van der Waals surface area contributed by atoms with Crippen LogP contribution in [0.25, 0.3) is 10.8 Å². The van der Waals surface area contributed by atoms with Gasteiger partial charge in [-0.1, -0.05) is 42.5 Å². The summed E-state index contributed by atoms with van der Waals surface area (Å²) in [5, 5.41) is 5.12. The van der Waals surface area contributed by atoms with Crippen LogP contribution in [0.15, 0.2) is 71.6 Å². The molecule has 4 rings (SSSR count). The fourth-order valence-corrected chi connectivity index (χ4v) is 4.82. The number of rotatable bonds is 5. The molecule has 150 valence electrons. The van der Waals surface area contributed by atoms with Crippen LogP contribution in [0, 0.1) is 0 Å². The lowest BCUT2D eigenvalue weighted by Gasteiger charge is -2.26. The molecule has 1 heterocycles. The van der Waals surface area contributed by atoms with E-state index in [0.29, 0.717) is 38.4 Å². The van der Waals surface area contributed by atoms with E-state index in [2.05, 4.69) is 5.32 Å². The number of fused-ring (bicyclic) bond motifs is 1. The van der Waals surface area contributed by atoms with Gasteiger partial charge in [-0.3, -0.25) is 4.79 Å². The number of nitrogens with one attached hydrogen (secondary N) is 1. The second kappa shape index (κ2) is 8.32. The third kappa shape index (κ3) is 4.32. The first-order chi connectivity index (χ1) is 14.0. The maximum absolute atomic E-state index is 12.8. The third-order valence-electron chi connectivity index (χ3n) is 4.97. The number of hydrogen-bond acceptors (Lipinski definition) is 4. The highest BCUT2D eigenvalue weighted by molar-refractivity contribution is 7.89. The summed E-state index contributed by atoms with van der Waals surface area (Å²) in [6, 6.07) is 20.2. The van der Waals surface area contributed by atoms with Crippen molar-refractivity contribution in [1.82, 2.24) is 9.62 Å². The van der Waals surface area contributed by atoms with Gasteiger partial charge in [-0.05, 0) is 40.6 Å². The molecule has 6 nitrogen and oxygen atoms in total. The lowest BCUT2D eigenvalue weighted by molar-refractivity contribution is 0.0730. The Bertz CT molecular complexity index is 1140. The SMILES string of the molecule is O=C(NCc1ccc2ccccc2c1)c1cccc(S(=O)(=O)N2CCOCC2)c1. The first-order valence-electron chi connectivity index (χ1n) is 9.48. The summed E-state index contributed by atoms with van der Waals surface area (Å²) in [6.07, 6.45) is 0. The third-order valence-corrected chi connectivity index (χ3v) is 6.87. The van der Waals surface area contributed by atoms with Crippen molar-refractivity contribution in [2.45, 2.75) is 11.4 Å². The highest BCUT2D eigenvalue weighted by atomic mass is 32.2. The summed E-state index contributed by atoms with van der Waals surface area (Å²) >= 11 is 0. The van der Waals surface area contributed by atoms with Crippen molar-refractivity contribution in [3.05, 3.63) is 77.9 Å². The van der Waals surface area contributed by atoms with Gasteiger partial charge in [-0.2, -0.15) is 4.31 Å². The maximum atomic E-state index is 12.8. The van der Waals surface area contributed by atoms with Crippen molar-refractivity contribution in [2.75, 3.05) is 26.3 Å². The minimum absolute atomic E-state index is 0.123. The molecular formula is C22H22N2O4S. The van der Waals surface area contributed by atoms with E-state index in [1.807, 2.05) is 42.5 Å². The molecule has 0 unspecified atom stereocenters. The number of benzene rings is 3. The highest BCUT2D eigenvalue weighted by Gasteiger charge is 2.26. The van der Waals surface area contributed by atoms with E-state index in [-0.39, 0.29) is 10.8 Å². The van der Waals surface area contributed by atoms with Crippen LogP contribution < -0.4 is 5.32 Å². The molecule has 3 aromatic carbocycles. The smallest absolute Gasteiger partial charge is 0.251 e. The summed E-state index contributed by atoms with van der Waals surface area (Å²) in [4.78, 5) is 12.7. The fourth-order valence-electron chi connectivity index (χ4n) is 3.37. The summed E-state index contributed by atoms with van der Waals surface area (Å²) in [7, 11) is -3.64. The number of carbonyl (C=O) groups excluding carboxylic acids is 1. The molecule has 0 aliphatic carbocycles. The molecule has 1 saturated heterocycles. The first kappa shape index (κ1) is 19.6. The predicted octanol–water partition coefficient (Wildman–Crippen LogP) is 2.79. The molecule has 0 aromatic heterocycles. The Morgan fingerprint density at radius 2 is 1.69 bits per heavy atom. The molecule has 0 spiro atoms. The van der Waals surface area contributed by atoms with E-state index < -0.39 is 10.0 Å². The molecule has 1 aliphatic rings. The van der Waals surface area contributed by atoms with Gasteiger partial charge in [-0.25, -0.2) is 8.42 Å². The van der Waals surface area contributed by atoms with Crippen LogP contribution in [-0.4, -0.2) is 44.9 Å². The topological polar surface area (TPSA) is 75.7 Å². The van der Waals surface area contributed by atoms with Crippen molar-refractivity contribution in [3.63, 3.8) is 0 Å². The second-order valence-electron chi connectivity index (χ2n) is 6.91. The summed E-state index contributed by atoms with van der Waals surface area (Å²) in [6.45, 7) is 1.77. The van der Waals surface area contributed by atoms with Crippen LogP contribution in [0.1, 0.15) is 15.9 Å². The summed E-state index contributed by atoms with van der Waals surface area (Å²) in [5.74, 6) is -0.308. The van der Waals surface area contributed by atoms with Gasteiger partial charge in [-0.15, -0.1) is 0 Å². The van der Waals surface area contributed by atoms with Gasteiger partial charge in [0, 0.05) is 25.2 Å². The Morgan fingerprint density at radius 1 is 0.931 bits per heavy atom. The van der Waals surface area contributed by atoms with E-state index in [9.17, 15) is 13.2 Å². The molecule has 7 heteroatoms. The number of ether oxygens (including phenoxy) is 1. The molecule has 29 heavy (non-hydrogen) atoms. The highest BCUT2D eigenvalue weighted by Crippen LogP contribution is 2.19. The Balaban J connectivity index is 1.48. The van der Waals surface area contributed by atoms with Gasteiger partial charge in [0.2, 0.25) is 10.0 Å². The Morgan fingerprint density at radius 3 is 2.48 bits per heavy atom. The lowest BCUT2D eigenvalue weighted by atomic mass is 10.1. The van der Waals surface area contributed by atoms with Crippen LogP contribution in [-0.2, 0) is 21.3 Å². The quantitative estimate of drug-likeness (QED) is 0.702.